The number of nitrogens with one attached hydrogen (secondary N) is 1. The van der Waals surface area contributed by atoms with Gasteiger partial charge < -0.3 is 10.1 Å². The van der Waals surface area contributed by atoms with Crippen molar-refractivity contribution >= 4 is 11.7 Å². The van der Waals surface area contributed by atoms with Gasteiger partial charge in [0.25, 0.3) is 0 Å². The van der Waals surface area contributed by atoms with Crippen LogP contribution in [0.25, 0.3) is 0 Å². The van der Waals surface area contributed by atoms with E-state index in [2.05, 4.69) is 10.1 Å². The van der Waals surface area contributed by atoms with Gasteiger partial charge in [0.1, 0.15) is 0 Å². The lowest BCUT2D eigenvalue weighted by atomic mass is 9.85. The number of benzene rings is 1. The molecule has 0 atom stereocenters. The number of alkyl halides is 3. The molecule has 1 saturated carbocycles. The molecule has 1 aliphatic carbocycles. The number of methoxy groups -OCH3 is 1. The van der Waals surface area contributed by atoms with E-state index in [4.69, 9.17) is 0 Å². The van der Waals surface area contributed by atoms with Crippen LogP contribution in [0.3, 0.4) is 0 Å². The van der Waals surface area contributed by atoms with Gasteiger partial charge in [-0.25, -0.2) is 4.79 Å². The minimum Gasteiger partial charge on any atom is -0.465 e. The van der Waals surface area contributed by atoms with E-state index in [0.717, 1.165) is 5.69 Å². The Morgan fingerprint density at radius 3 is 2.48 bits per heavy atom. The molecule has 1 aromatic carbocycles. The Bertz CT molecular complexity index is 494. The van der Waals surface area contributed by atoms with E-state index in [1.807, 2.05) is 0 Å². The van der Waals surface area contributed by atoms with E-state index < -0.39 is 18.1 Å². The lowest BCUT2D eigenvalue weighted by Gasteiger charge is -2.30. The molecule has 0 aliphatic heterocycles. The largest absolute Gasteiger partial charge is 0.465 e. The summed E-state index contributed by atoms with van der Waals surface area (Å²) in [7, 11) is 1.31. The van der Waals surface area contributed by atoms with E-state index in [1.165, 1.54) is 7.11 Å². The van der Waals surface area contributed by atoms with E-state index in [9.17, 15) is 18.0 Å². The maximum atomic E-state index is 12.6. The van der Waals surface area contributed by atoms with Crippen molar-refractivity contribution < 1.29 is 22.7 Å². The van der Waals surface area contributed by atoms with Gasteiger partial charge in [-0.3, -0.25) is 0 Å². The molecule has 1 aliphatic rings. The number of halogens is 3. The average Bonchev–Trinajstić information content (AvgIpc) is 2.46. The Balaban J connectivity index is 1.93. The Morgan fingerprint density at radius 1 is 1.24 bits per heavy atom. The molecule has 0 spiro atoms. The number of rotatable bonds is 3. The standard InChI is InChI=1S/C15H18F3NO2/c1-21-14(20)10-3-2-4-13(9-10)19-12-7-5-11(6-8-12)15(16,17)18/h2-4,9,11-12,19H,5-8H2,1H3. The second kappa shape index (κ2) is 6.37. The number of ether oxygens (including phenoxy) is 1. The normalized spacial score (nSPS) is 22.7. The molecule has 1 aromatic rings. The summed E-state index contributed by atoms with van der Waals surface area (Å²) in [6.07, 6.45) is -2.83. The first-order chi connectivity index (χ1) is 9.90. The fourth-order valence-electron chi connectivity index (χ4n) is 2.65. The van der Waals surface area contributed by atoms with Crippen LogP contribution >= 0.6 is 0 Å². The average molecular weight is 301 g/mol. The Kier molecular flexibility index (Phi) is 4.75. The molecule has 1 N–H and O–H groups in total. The number of carbonyl (C=O) groups is 1. The second-order valence-electron chi connectivity index (χ2n) is 5.31. The summed E-state index contributed by atoms with van der Waals surface area (Å²) in [5, 5.41) is 3.20. The van der Waals surface area contributed by atoms with E-state index in [1.54, 1.807) is 24.3 Å². The third-order valence-electron chi connectivity index (χ3n) is 3.84. The van der Waals surface area contributed by atoms with Gasteiger partial charge >= 0.3 is 12.1 Å². The Hall–Kier alpha value is -1.72. The van der Waals surface area contributed by atoms with Gasteiger partial charge in [0.15, 0.2) is 0 Å². The third kappa shape index (κ3) is 4.12. The first-order valence-electron chi connectivity index (χ1n) is 6.92. The molecule has 0 aromatic heterocycles. The molecule has 3 nitrogen and oxygen atoms in total. The van der Waals surface area contributed by atoms with Gasteiger partial charge in [-0.1, -0.05) is 6.07 Å². The van der Waals surface area contributed by atoms with Crippen LogP contribution in [-0.2, 0) is 4.74 Å². The molecular formula is C15H18F3NO2. The number of carbonyl (C=O) groups excluding carboxylic acids is 1. The molecule has 0 amide bonds. The fraction of sp³-hybridized carbons (Fsp3) is 0.533. The number of esters is 1. The highest BCUT2D eigenvalue weighted by atomic mass is 19.4. The third-order valence-corrected chi connectivity index (χ3v) is 3.84. The quantitative estimate of drug-likeness (QED) is 0.857. The lowest BCUT2D eigenvalue weighted by molar-refractivity contribution is -0.182. The topological polar surface area (TPSA) is 38.3 Å². The van der Waals surface area contributed by atoms with Gasteiger partial charge in [-0.05, 0) is 43.9 Å². The summed E-state index contributed by atoms with van der Waals surface area (Å²) in [4.78, 5) is 11.4. The molecule has 1 fully saturated rings. The molecular weight excluding hydrogens is 283 g/mol. The van der Waals surface area contributed by atoms with E-state index in [0.29, 0.717) is 18.4 Å². The van der Waals surface area contributed by atoms with Crippen LogP contribution in [0.2, 0.25) is 0 Å². The Labute approximate surface area is 121 Å². The highest BCUT2D eigenvalue weighted by Gasteiger charge is 2.41. The first kappa shape index (κ1) is 15.7. The van der Waals surface area contributed by atoms with Crippen molar-refractivity contribution in [2.45, 2.75) is 37.9 Å². The number of anilines is 1. The molecule has 116 valence electrons. The second-order valence-corrected chi connectivity index (χ2v) is 5.31. The summed E-state index contributed by atoms with van der Waals surface area (Å²) in [5.41, 5.74) is 1.15. The molecule has 0 heterocycles. The summed E-state index contributed by atoms with van der Waals surface area (Å²) >= 11 is 0. The van der Waals surface area contributed by atoms with Crippen molar-refractivity contribution in [1.29, 1.82) is 0 Å². The summed E-state index contributed by atoms with van der Waals surface area (Å²) in [6.45, 7) is 0. The maximum Gasteiger partial charge on any atom is 0.391 e. The maximum absolute atomic E-state index is 12.6. The molecule has 6 heteroatoms. The van der Waals surface area contributed by atoms with Crippen LogP contribution in [0.4, 0.5) is 18.9 Å². The monoisotopic (exact) mass is 301 g/mol. The fourth-order valence-corrected chi connectivity index (χ4v) is 2.65. The van der Waals surface area contributed by atoms with Crippen LogP contribution in [0, 0.1) is 5.92 Å². The van der Waals surface area contributed by atoms with Crippen molar-refractivity contribution in [3.63, 3.8) is 0 Å². The van der Waals surface area contributed by atoms with Gasteiger partial charge in [-0.15, -0.1) is 0 Å². The van der Waals surface area contributed by atoms with Crippen LogP contribution in [0.5, 0.6) is 0 Å². The van der Waals surface area contributed by atoms with Crippen LogP contribution in [0.15, 0.2) is 24.3 Å². The van der Waals surface area contributed by atoms with Gasteiger partial charge in [0, 0.05) is 11.7 Å². The molecule has 0 unspecified atom stereocenters. The zero-order chi connectivity index (χ0) is 15.5. The van der Waals surface area contributed by atoms with Crippen LogP contribution in [-0.4, -0.2) is 25.3 Å². The van der Waals surface area contributed by atoms with Crippen molar-refractivity contribution in [3.05, 3.63) is 29.8 Å². The first-order valence-corrected chi connectivity index (χ1v) is 6.92. The van der Waals surface area contributed by atoms with Crippen LogP contribution < -0.4 is 5.32 Å². The predicted molar refractivity (Wildman–Crippen MR) is 73.2 cm³/mol. The minimum absolute atomic E-state index is 0.0106. The van der Waals surface area contributed by atoms with Crippen molar-refractivity contribution in [1.82, 2.24) is 0 Å². The van der Waals surface area contributed by atoms with Gasteiger partial charge in [0.2, 0.25) is 0 Å². The van der Waals surface area contributed by atoms with Gasteiger partial charge in [-0.2, -0.15) is 13.2 Å². The van der Waals surface area contributed by atoms with Gasteiger partial charge in [0.05, 0.1) is 18.6 Å². The molecule has 0 saturated heterocycles. The molecule has 21 heavy (non-hydrogen) atoms. The summed E-state index contributed by atoms with van der Waals surface area (Å²) in [6, 6.07) is 6.81. The smallest absolute Gasteiger partial charge is 0.391 e. The zero-order valence-electron chi connectivity index (χ0n) is 11.7. The summed E-state index contributed by atoms with van der Waals surface area (Å²) in [5.74, 6) is -1.61. The molecule has 0 radical (unpaired) electrons. The van der Waals surface area contributed by atoms with Crippen molar-refractivity contribution in [2.75, 3.05) is 12.4 Å². The zero-order valence-corrected chi connectivity index (χ0v) is 11.7. The number of hydrogen-bond acceptors (Lipinski definition) is 3. The van der Waals surface area contributed by atoms with E-state index in [-0.39, 0.29) is 18.9 Å². The van der Waals surface area contributed by atoms with Crippen molar-refractivity contribution in [2.24, 2.45) is 5.92 Å². The SMILES string of the molecule is COC(=O)c1cccc(NC2CCC(C(F)(F)F)CC2)c1. The number of hydrogen-bond donors (Lipinski definition) is 1. The molecule has 2 rings (SSSR count). The lowest BCUT2D eigenvalue weighted by Crippen LogP contribution is -2.32. The highest BCUT2D eigenvalue weighted by molar-refractivity contribution is 5.90. The van der Waals surface area contributed by atoms with Crippen molar-refractivity contribution in [3.8, 4) is 0 Å². The molecule has 0 bridgehead atoms. The predicted octanol–water partition coefficient (Wildman–Crippen LogP) is 4.01. The minimum atomic E-state index is -4.09. The Morgan fingerprint density at radius 2 is 1.90 bits per heavy atom. The van der Waals surface area contributed by atoms with Crippen LogP contribution in [0.1, 0.15) is 36.0 Å². The highest BCUT2D eigenvalue weighted by Crippen LogP contribution is 2.38. The summed E-state index contributed by atoms with van der Waals surface area (Å²) < 4.78 is 42.5. The van der Waals surface area contributed by atoms with E-state index >= 15 is 0 Å².